The van der Waals surface area contributed by atoms with Crippen molar-refractivity contribution in [2.45, 2.75) is 121 Å². The van der Waals surface area contributed by atoms with Gasteiger partial charge >= 0.3 is 51.4 Å². The molecule has 0 radical (unpaired) electrons. The molecule has 0 aliphatic rings. The summed E-state index contributed by atoms with van der Waals surface area (Å²) in [5.74, 6) is -0.836. The molecule has 0 atom stereocenters. The largest absolute Gasteiger partial charge is 1.00 e. The molecule has 0 aromatic heterocycles. The van der Waals surface area contributed by atoms with Crippen LogP contribution in [0.4, 0.5) is 0 Å². The van der Waals surface area contributed by atoms with Crippen LogP contribution >= 0.6 is 0 Å². The first kappa shape index (κ1) is 31.4. The van der Waals surface area contributed by atoms with Gasteiger partial charge in [-0.05, 0) is 25.0 Å². The molecule has 0 amide bonds. The monoisotopic (exact) mass is 480 g/mol. The summed E-state index contributed by atoms with van der Waals surface area (Å²) in [5, 5.41) is 19.6. The van der Waals surface area contributed by atoms with Crippen LogP contribution in [0.15, 0.2) is 17.0 Å². The van der Waals surface area contributed by atoms with E-state index in [4.69, 9.17) is 0 Å². The summed E-state index contributed by atoms with van der Waals surface area (Å²) >= 11 is 0. The number of hydrogen-bond donors (Lipinski definition) is 2. The van der Waals surface area contributed by atoms with Crippen LogP contribution in [0.1, 0.15) is 115 Å². The van der Waals surface area contributed by atoms with E-state index < -0.39 is 20.8 Å². The molecule has 174 valence electrons. The number of hydrogen-bond acceptors (Lipinski definition) is 5. The maximum atomic E-state index is 11.4. The van der Waals surface area contributed by atoms with E-state index >= 15 is 0 Å². The molecule has 31 heavy (non-hydrogen) atoms. The van der Waals surface area contributed by atoms with Crippen LogP contribution in [0.25, 0.3) is 0 Å². The van der Waals surface area contributed by atoms with Gasteiger partial charge in [-0.1, -0.05) is 103 Å². The van der Waals surface area contributed by atoms with E-state index in [1.165, 1.54) is 83.1 Å². The molecule has 7 heteroatoms. The average molecular weight is 481 g/mol. The van der Waals surface area contributed by atoms with Crippen molar-refractivity contribution in [3.8, 4) is 11.5 Å². The van der Waals surface area contributed by atoms with Crippen molar-refractivity contribution < 1.29 is 74.6 Å². The van der Waals surface area contributed by atoms with Crippen LogP contribution in [-0.2, 0) is 16.5 Å². The summed E-state index contributed by atoms with van der Waals surface area (Å²) in [5.41, 5.74) is 0.0374. The minimum Gasteiger partial charge on any atom is -0.744 e. The fourth-order valence-corrected chi connectivity index (χ4v) is 4.81. The Balaban J connectivity index is 0.00000900. The molecular weight excluding hydrogens is 439 g/mol. The van der Waals surface area contributed by atoms with Gasteiger partial charge in [-0.25, -0.2) is 8.42 Å². The molecule has 0 aliphatic heterocycles. The third-order valence-electron chi connectivity index (χ3n) is 5.75. The molecule has 1 aromatic carbocycles. The van der Waals surface area contributed by atoms with Crippen LogP contribution < -0.4 is 51.4 Å². The summed E-state index contributed by atoms with van der Waals surface area (Å²) in [6.07, 6.45) is 20.2. The van der Waals surface area contributed by atoms with E-state index in [2.05, 4.69) is 6.92 Å². The summed E-state index contributed by atoms with van der Waals surface area (Å²) in [6.45, 7) is 2.25. The number of phenolic OH excluding ortho intramolecular Hbond substituents is 2. The normalized spacial score (nSPS) is 11.4. The predicted octanol–water partition coefficient (Wildman–Crippen LogP) is 3.81. The van der Waals surface area contributed by atoms with Crippen molar-refractivity contribution >= 4 is 10.1 Å². The predicted molar refractivity (Wildman–Crippen MR) is 121 cm³/mol. The Morgan fingerprint density at radius 1 is 0.677 bits per heavy atom. The second-order valence-electron chi connectivity index (χ2n) is 8.42. The van der Waals surface area contributed by atoms with Gasteiger partial charge in [-0.3, -0.25) is 0 Å². The van der Waals surface area contributed by atoms with Crippen molar-refractivity contribution in [3.63, 3.8) is 0 Å². The molecule has 0 fully saturated rings. The second kappa shape index (κ2) is 18.8. The zero-order valence-electron chi connectivity index (χ0n) is 19.7. The minimum atomic E-state index is -4.82. The molecule has 1 aromatic rings. The molecule has 0 saturated carbocycles. The molecule has 2 N–H and O–H groups in total. The van der Waals surface area contributed by atoms with Gasteiger partial charge in [0.25, 0.3) is 0 Å². The zero-order chi connectivity index (χ0) is 22.2. The Morgan fingerprint density at radius 2 is 1.03 bits per heavy atom. The second-order valence-corrected chi connectivity index (χ2v) is 9.74. The van der Waals surface area contributed by atoms with E-state index in [-0.39, 0.29) is 69.1 Å². The van der Waals surface area contributed by atoms with Gasteiger partial charge < -0.3 is 14.8 Å². The van der Waals surface area contributed by atoms with Gasteiger partial charge in [0.1, 0.15) is 26.5 Å². The molecule has 0 aliphatic carbocycles. The van der Waals surface area contributed by atoms with Gasteiger partial charge in [-0.15, -0.1) is 0 Å². The number of benzene rings is 1. The summed E-state index contributed by atoms with van der Waals surface area (Å²) < 4.78 is 34.1. The summed E-state index contributed by atoms with van der Waals surface area (Å²) in [4.78, 5) is -0.677. The third-order valence-corrected chi connectivity index (χ3v) is 6.70. The maximum Gasteiger partial charge on any atom is 1.00 e. The van der Waals surface area contributed by atoms with Crippen LogP contribution in [-0.4, -0.2) is 23.2 Å². The van der Waals surface area contributed by atoms with Gasteiger partial charge in [0.15, 0.2) is 0 Å². The van der Waals surface area contributed by atoms with E-state index in [1.54, 1.807) is 0 Å². The van der Waals surface area contributed by atoms with Crippen molar-refractivity contribution in [1.29, 1.82) is 0 Å². The Bertz CT molecular complexity index is 691. The first-order valence-electron chi connectivity index (χ1n) is 11.9. The molecule has 1 rings (SSSR count). The summed E-state index contributed by atoms with van der Waals surface area (Å²) in [6, 6.07) is 2.27. The molecule has 5 nitrogen and oxygen atoms in total. The fraction of sp³-hybridized carbons (Fsp3) is 0.750. The summed E-state index contributed by atoms with van der Waals surface area (Å²) in [7, 11) is -4.82. The third kappa shape index (κ3) is 14.3. The van der Waals surface area contributed by atoms with Crippen LogP contribution in [0, 0.1) is 0 Å². The minimum absolute atomic E-state index is 0. The van der Waals surface area contributed by atoms with Gasteiger partial charge in [-0.2, -0.15) is 0 Å². The average Bonchev–Trinajstić information content (AvgIpc) is 2.69. The topological polar surface area (TPSA) is 97.7 Å². The van der Waals surface area contributed by atoms with Crippen molar-refractivity contribution in [2.75, 3.05) is 0 Å². The molecule has 0 saturated heterocycles. The van der Waals surface area contributed by atoms with Crippen molar-refractivity contribution in [2.24, 2.45) is 0 Å². The van der Waals surface area contributed by atoms with Gasteiger partial charge in [0.05, 0.1) is 0 Å². The Kier molecular flexibility index (Phi) is 19.0. The Hall–Kier alpha value is 0.366. The zero-order valence-corrected chi connectivity index (χ0v) is 23.6. The van der Waals surface area contributed by atoms with Crippen LogP contribution in [0.3, 0.4) is 0 Å². The van der Waals surface area contributed by atoms with Crippen LogP contribution in [0.5, 0.6) is 11.5 Å². The van der Waals surface area contributed by atoms with Crippen molar-refractivity contribution in [1.82, 2.24) is 0 Å². The number of unbranched alkanes of at least 4 members (excludes halogenated alkanes) is 15. The number of rotatable bonds is 18. The number of phenols is 2. The van der Waals surface area contributed by atoms with Crippen molar-refractivity contribution in [3.05, 3.63) is 17.7 Å². The Morgan fingerprint density at radius 3 is 1.42 bits per heavy atom. The van der Waals surface area contributed by atoms with Gasteiger partial charge in [0.2, 0.25) is 0 Å². The molecule has 0 spiro atoms. The fourth-order valence-electron chi connectivity index (χ4n) is 3.98. The van der Waals surface area contributed by atoms with Crippen LogP contribution in [0.2, 0.25) is 0 Å². The van der Waals surface area contributed by atoms with Gasteiger partial charge in [0, 0.05) is 5.56 Å². The van der Waals surface area contributed by atoms with E-state index in [0.717, 1.165) is 25.3 Å². The van der Waals surface area contributed by atoms with E-state index in [1.807, 2.05) is 0 Å². The first-order chi connectivity index (χ1) is 14.4. The molecular formula is C24H41KO5S. The Labute approximate surface area is 232 Å². The first-order valence-corrected chi connectivity index (χ1v) is 13.3. The molecule has 0 bridgehead atoms. The van der Waals surface area contributed by atoms with E-state index in [9.17, 15) is 23.2 Å². The maximum absolute atomic E-state index is 11.4. The smallest absolute Gasteiger partial charge is 0.744 e. The molecule has 0 unspecified atom stereocenters. The standard InChI is InChI=1S/C24H42O5S.K/c1-2-3-4-5-6-7-8-9-10-11-12-13-14-15-16-17-18-21-22(25)19-20-23(26)24(21)30(27,28)29;/h19-20,25-26H,2-18H2,1H3,(H,27,28,29);/q;+1/p-1. The SMILES string of the molecule is CCCCCCCCCCCCCCCCCCc1c(O)ccc(O)c1S(=O)(=O)[O-].[K+]. The number of aromatic hydroxyl groups is 2. The quantitative estimate of drug-likeness (QED) is 0.144. The molecule has 0 heterocycles. The van der Waals surface area contributed by atoms with E-state index in [0.29, 0.717) is 6.42 Å².